The summed E-state index contributed by atoms with van der Waals surface area (Å²) < 4.78 is 0. The van der Waals surface area contributed by atoms with Crippen molar-refractivity contribution in [3.63, 3.8) is 0 Å². The van der Waals surface area contributed by atoms with Crippen molar-refractivity contribution < 1.29 is 0 Å². The number of nitrogens with two attached hydrogens (primary N) is 2. The number of amidine groups is 1. The number of nitrogens with zero attached hydrogens (tertiary/aromatic N) is 1. The Balaban J connectivity index is 4.00. The Morgan fingerprint density at radius 3 is 2.44 bits per heavy atom. The summed E-state index contributed by atoms with van der Waals surface area (Å²) in [6.07, 6.45) is 1.26. The van der Waals surface area contributed by atoms with Crippen molar-refractivity contribution in [2.45, 2.75) is 0 Å². The molecule has 0 heterocycles. The van der Waals surface area contributed by atoms with Crippen LogP contribution in [0.15, 0.2) is 16.8 Å². The molecule has 4 nitrogen and oxygen atoms in total. The van der Waals surface area contributed by atoms with E-state index in [1.807, 2.05) is 0 Å². The van der Waals surface area contributed by atoms with E-state index in [1.165, 1.54) is 6.20 Å². The highest BCUT2D eigenvalue weighted by atomic mass is 14.8. The van der Waals surface area contributed by atoms with Gasteiger partial charge in [-0.1, -0.05) is 0 Å². The molecule has 0 aromatic carbocycles. The average Bonchev–Trinajstić information content (AvgIpc) is 1.82. The zero-order chi connectivity index (χ0) is 7.28. The lowest BCUT2D eigenvalue weighted by molar-refractivity contribution is 1.18. The highest BCUT2D eigenvalue weighted by Crippen LogP contribution is 1.88. The number of hydrogen-bond donors (Lipinski definition) is 3. The molecule has 0 fully saturated rings. The van der Waals surface area contributed by atoms with Crippen molar-refractivity contribution in [2.75, 3.05) is 6.54 Å². The summed E-state index contributed by atoms with van der Waals surface area (Å²) in [7, 11) is 0. The van der Waals surface area contributed by atoms with Crippen LogP contribution in [0, 0.1) is 5.41 Å². The molecule has 0 aliphatic heterocycles. The van der Waals surface area contributed by atoms with E-state index in [0.717, 1.165) is 0 Å². The molecule has 0 saturated carbocycles. The molecule has 0 radical (unpaired) electrons. The van der Waals surface area contributed by atoms with Gasteiger partial charge in [0.1, 0.15) is 5.84 Å². The van der Waals surface area contributed by atoms with Gasteiger partial charge in [-0.15, -0.1) is 0 Å². The van der Waals surface area contributed by atoms with Gasteiger partial charge in [-0.25, -0.2) is 0 Å². The van der Waals surface area contributed by atoms with E-state index in [4.69, 9.17) is 16.9 Å². The summed E-state index contributed by atoms with van der Waals surface area (Å²) in [5.41, 5.74) is 10.7. The van der Waals surface area contributed by atoms with Crippen LogP contribution in [-0.2, 0) is 0 Å². The van der Waals surface area contributed by atoms with E-state index in [-0.39, 0.29) is 5.84 Å². The lowest BCUT2D eigenvalue weighted by Crippen LogP contribution is -2.16. The van der Waals surface area contributed by atoms with Gasteiger partial charge in [0, 0.05) is 11.8 Å². The fraction of sp³-hybridized carbons (Fsp3) is 0.200. The maximum Gasteiger partial charge on any atom is 0.121 e. The smallest absolute Gasteiger partial charge is 0.121 e. The van der Waals surface area contributed by atoms with E-state index in [2.05, 4.69) is 11.7 Å². The normalized spacial score (nSPS) is 10.9. The average molecular weight is 126 g/mol. The van der Waals surface area contributed by atoms with Crippen molar-refractivity contribution in [1.82, 2.24) is 0 Å². The number of rotatable bonds is 3. The zero-order valence-corrected chi connectivity index (χ0v) is 5.09. The fourth-order valence-electron chi connectivity index (χ4n) is 0.348. The topological polar surface area (TPSA) is 88.2 Å². The molecule has 0 saturated heterocycles. The van der Waals surface area contributed by atoms with E-state index in [1.54, 1.807) is 0 Å². The van der Waals surface area contributed by atoms with Gasteiger partial charge in [0.05, 0.1) is 6.54 Å². The van der Waals surface area contributed by atoms with Crippen LogP contribution in [0.4, 0.5) is 0 Å². The van der Waals surface area contributed by atoms with Gasteiger partial charge in [-0.05, 0) is 6.72 Å². The van der Waals surface area contributed by atoms with Gasteiger partial charge in [0.2, 0.25) is 0 Å². The van der Waals surface area contributed by atoms with Crippen molar-refractivity contribution in [1.29, 1.82) is 5.41 Å². The zero-order valence-electron chi connectivity index (χ0n) is 5.09. The minimum atomic E-state index is -0.0510. The third kappa shape index (κ3) is 2.48. The van der Waals surface area contributed by atoms with Gasteiger partial charge in [-0.2, -0.15) is 0 Å². The van der Waals surface area contributed by atoms with E-state index < -0.39 is 0 Å². The van der Waals surface area contributed by atoms with Gasteiger partial charge in [0.15, 0.2) is 0 Å². The second-order valence-electron chi connectivity index (χ2n) is 1.49. The second kappa shape index (κ2) is 3.65. The summed E-state index contributed by atoms with van der Waals surface area (Å²) >= 11 is 0. The standard InChI is InChI=1S/C5H10N4/c1-9-3-4(2-6)5(7)8/h2H,1,3,6H2,(H3,7,8)/b4-2-. The van der Waals surface area contributed by atoms with Crippen LogP contribution in [0.1, 0.15) is 0 Å². The number of hydrogen-bond acceptors (Lipinski definition) is 3. The van der Waals surface area contributed by atoms with Crippen molar-refractivity contribution >= 4 is 12.6 Å². The van der Waals surface area contributed by atoms with Gasteiger partial charge >= 0.3 is 0 Å². The summed E-state index contributed by atoms with van der Waals surface area (Å²) in [4.78, 5) is 3.51. The first-order chi connectivity index (χ1) is 4.22. The lowest BCUT2D eigenvalue weighted by Gasteiger charge is -1.96. The Kier molecular flexibility index (Phi) is 3.12. The monoisotopic (exact) mass is 126 g/mol. The van der Waals surface area contributed by atoms with Crippen molar-refractivity contribution in [3.8, 4) is 0 Å². The summed E-state index contributed by atoms with van der Waals surface area (Å²) in [6.45, 7) is 3.54. The quantitative estimate of drug-likeness (QED) is 0.350. The molecule has 0 spiro atoms. The predicted molar refractivity (Wildman–Crippen MR) is 38.6 cm³/mol. The molecule has 0 rings (SSSR count). The van der Waals surface area contributed by atoms with Gasteiger partial charge in [-0.3, -0.25) is 10.4 Å². The molecule has 0 atom stereocenters. The summed E-state index contributed by atoms with van der Waals surface area (Å²) in [6, 6.07) is 0. The van der Waals surface area contributed by atoms with Gasteiger partial charge < -0.3 is 11.5 Å². The highest BCUT2D eigenvalue weighted by Gasteiger charge is 1.95. The molecule has 0 bridgehead atoms. The first-order valence-electron chi connectivity index (χ1n) is 2.40. The largest absolute Gasteiger partial charge is 0.404 e. The molecular formula is C5H10N4. The van der Waals surface area contributed by atoms with Crippen LogP contribution in [0.3, 0.4) is 0 Å². The minimum absolute atomic E-state index is 0.0510. The molecule has 9 heavy (non-hydrogen) atoms. The SMILES string of the molecule is C=NC/C(=C/N)C(=N)N. The maximum absolute atomic E-state index is 6.90. The van der Waals surface area contributed by atoms with Crippen LogP contribution in [0.2, 0.25) is 0 Å². The second-order valence-corrected chi connectivity index (χ2v) is 1.49. The lowest BCUT2D eigenvalue weighted by atomic mass is 10.3. The first-order valence-corrected chi connectivity index (χ1v) is 2.40. The molecule has 50 valence electrons. The van der Waals surface area contributed by atoms with Crippen LogP contribution in [0.25, 0.3) is 0 Å². The Labute approximate surface area is 53.8 Å². The number of aliphatic imine (C=N–C) groups is 1. The molecule has 4 heteroatoms. The molecule has 0 aromatic rings. The van der Waals surface area contributed by atoms with Crippen LogP contribution in [0.5, 0.6) is 0 Å². The third-order valence-electron chi connectivity index (χ3n) is 0.829. The Morgan fingerprint density at radius 2 is 2.33 bits per heavy atom. The number of nitrogens with one attached hydrogen (secondary N) is 1. The minimum Gasteiger partial charge on any atom is -0.404 e. The highest BCUT2D eigenvalue weighted by molar-refractivity contribution is 5.94. The van der Waals surface area contributed by atoms with Gasteiger partial charge in [0.25, 0.3) is 0 Å². The third-order valence-corrected chi connectivity index (χ3v) is 0.829. The van der Waals surface area contributed by atoms with Crippen LogP contribution < -0.4 is 11.5 Å². The summed E-state index contributed by atoms with van der Waals surface area (Å²) in [5.74, 6) is -0.0510. The molecule has 0 aliphatic carbocycles. The molecule has 0 unspecified atom stereocenters. The molecule has 0 aromatic heterocycles. The van der Waals surface area contributed by atoms with Crippen molar-refractivity contribution in [2.24, 2.45) is 16.5 Å². The van der Waals surface area contributed by atoms with E-state index in [9.17, 15) is 0 Å². The van der Waals surface area contributed by atoms with E-state index >= 15 is 0 Å². The molecule has 5 N–H and O–H groups in total. The van der Waals surface area contributed by atoms with Crippen LogP contribution in [-0.4, -0.2) is 19.1 Å². The molecular weight excluding hydrogens is 116 g/mol. The Hall–Kier alpha value is -1.32. The fourth-order valence-corrected chi connectivity index (χ4v) is 0.348. The Bertz CT molecular complexity index is 147. The molecule has 0 aliphatic rings. The predicted octanol–water partition coefficient (Wildman–Crippen LogP) is -0.534. The summed E-state index contributed by atoms with van der Waals surface area (Å²) in [5, 5.41) is 6.90. The Morgan fingerprint density at radius 1 is 1.78 bits per heavy atom. The first kappa shape index (κ1) is 7.68. The van der Waals surface area contributed by atoms with Crippen molar-refractivity contribution in [3.05, 3.63) is 11.8 Å². The maximum atomic E-state index is 6.90. The molecule has 0 amide bonds. The van der Waals surface area contributed by atoms with Crippen LogP contribution >= 0.6 is 0 Å². The van der Waals surface area contributed by atoms with E-state index in [0.29, 0.717) is 12.1 Å².